The van der Waals surface area contributed by atoms with Gasteiger partial charge in [0.2, 0.25) is 0 Å². The van der Waals surface area contributed by atoms with Crippen LogP contribution in [-0.4, -0.2) is 50.3 Å². The Morgan fingerprint density at radius 3 is 2.88 bits per heavy atom. The van der Waals surface area contributed by atoms with Gasteiger partial charge in [-0.2, -0.15) is 0 Å². The number of rotatable bonds is 6. The Morgan fingerprint density at radius 2 is 2.19 bits per heavy atom. The maximum Gasteiger partial charge on any atom is 0.0698 e. The largest absolute Gasteiger partial charge is 0.380 e. The van der Waals surface area contributed by atoms with Crippen LogP contribution in [0.3, 0.4) is 0 Å². The van der Waals surface area contributed by atoms with Crippen LogP contribution in [0.1, 0.15) is 32.6 Å². The molecule has 0 aromatic rings. The fourth-order valence-corrected chi connectivity index (χ4v) is 2.53. The number of ether oxygens (including phenoxy) is 1. The van der Waals surface area contributed by atoms with E-state index in [0.29, 0.717) is 6.10 Å². The van der Waals surface area contributed by atoms with Crippen LogP contribution in [0.15, 0.2) is 0 Å². The van der Waals surface area contributed by atoms with Crippen molar-refractivity contribution in [1.82, 2.24) is 10.2 Å². The number of hydrogen-bond acceptors (Lipinski definition) is 3. The monoisotopic (exact) mass is 226 g/mol. The van der Waals surface area contributed by atoms with E-state index in [0.717, 1.165) is 18.5 Å². The highest BCUT2D eigenvalue weighted by Crippen LogP contribution is 2.19. The van der Waals surface area contributed by atoms with E-state index in [1.165, 1.54) is 45.3 Å². The molecular formula is C13H26N2O. The minimum absolute atomic E-state index is 0.470. The predicted molar refractivity (Wildman–Crippen MR) is 66.7 cm³/mol. The van der Waals surface area contributed by atoms with E-state index in [-0.39, 0.29) is 0 Å². The van der Waals surface area contributed by atoms with Gasteiger partial charge in [0.25, 0.3) is 0 Å². The van der Waals surface area contributed by atoms with Gasteiger partial charge in [0.05, 0.1) is 6.10 Å². The molecule has 0 amide bonds. The summed E-state index contributed by atoms with van der Waals surface area (Å²) in [5, 5.41) is 3.61. The number of piperidine rings is 1. The van der Waals surface area contributed by atoms with Gasteiger partial charge in [-0.25, -0.2) is 0 Å². The molecule has 0 aromatic heterocycles. The predicted octanol–water partition coefficient (Wildman–Crippen LogP) is 1.49. The topological polar surface area (TPSA) is 24.5 Å². The first-order chi connectivity index (χ1) is 7.78. The summed E-state index contributed by atoms with van der Waals surface area (Å²) in [4.78, 5) is 2.57. The first-order valence-electron chi connectivity index (χ1n) is 6.76. The molecule has 3 nitrogen and oxygen atoms in total. The SMILES string of the molecule is COC1CCCN(CC(C)CNC2CC2)C1. The Kier molecular flexibility index (Phi) is 4.62. The zero-order chi connectivity index (χ0) is 11.4. The van der Waals surface area contributed by atoms with Crippen molar-refractivity contribution in [2.75, 3.05) is 33.3 Å². The van der Waals surface area contributed by atoms with Crippen LogP contribution >= 0.6 is 0 Å². The lowest BCUT2D eigenvalue weighted by Crippen LogP contribution is -2.42. The van der Waals surface area contributed by atoms with Gasteiger partial charge < -0.3 is 15.0 Å². The molecule has 0 radical (unpaired) electrons. The number of nitrogens with one attached hydrogen (secondary N) is 1. The van der Waals surface area contributed by atoms with Crippen molar-refractivity contribution in [2.45, 2.75) is 44.8 Å². The van der Waals surface area contributed by atoms with Crippen molar-refractivity contribution in [3.63, 3.8) is 0 Å². The normalized spacial score (nSPS) is 29.2. The third-order valence-electron chi connectivity index (χ3n) is 3.70. The maximum atomic E-state index is 5.45. The Labute approximate surface area is 99.5 Å². The highest BCUT2D eigenvalue weighted by Gasteiger charge is 2.23. The summed E-state index contributed by atoms with van der Waals surface area (Å²) in [6.45, 7) is 7.14. The second-order valence-corrected chi connectivity index (χ2v) is 5.55. The van der Waals surface area contributed by atoms with Gasteiger partial charge in [0.1, 0.15) is 0 Å². The van der Waals surface area contributed by atoms with Crippen LogP contribution in [0.5, 0.6) is 0 Å². The Balaban J connectivity index is 1.62. The molecule has 1 aliphatic carbocycles. The summed E-state index contributed by atoms with van der Waals surface area (Å²) in [5.74, 6) is 0.760. The van der Waals surface area contributed by atoms with Gasteiger partial charge >= 0.3 is 0 Å². The summed E-state index contributed by atoms with van der Waals surface area (Å²) in [6, 6.07) is 0.843. The average molecular weight is 226 g/mol. The second-order valence-electron chi connectivity index (χ2n) is 5.55. The molecule has 1 saturated carbocycles. The molecule has 1 heterocycles. The molecule has 16 heavy (non-hydrogen) atoms. The van der Waals surface area contributed by atoms with Gasteiger partial charge in [-0.15, -0.1) is 0 Å². The molecule has 2 fully saturated rings. The number of methoxy groups -OCH3 is 1. The summed E-state index contributed by atoms with van der Waals surface area (Å²) in [6.07, 6.45) is 5.78. The van der Waals surface area contributed by atoms with Gasteiger partial charge in [0, 0.05) is 26.2 Å². The van der Waals surface area contributed by atoms with Gasteiger partial charge in [0.15, 0.2) is 0 Å². The molecule has 2 unspecified atom stereocenters. The van der Waals surface area contributed by atoms with Crippen LogP contribution in [0, 0.1) is 5.92 Å². The Bertz CT molecular complexity index is 206. The molecule has 1 N–H and O–H groups in total. The summed E-state index contributed by atoms with van der Waals surface area (Å²) < 4.78 is 5.45. The van der Waals surface area contributed by atoms with E-state index in [2.05, 4.69) is 17.1 Å². The Hall–Kier alpha value is -0.120. The minimum atomic E-state index is 0.470. The zero-order valence-electron chi connectivity index (χ0n) is 10.7. The molecule has 3 heteroatoms. The minimum Gasteiger partial charge on any atom is -0.380 e. The molecule has 0 bridgehead atoms. The maximum absolute atomic E-state index is 5.45. The zero-order valence-corrected chi connectivity index (χ0v) is 10.7. The van der Waals surface area contributed by atoms with Gasteiger partial charge in [-0.1, -0.05) is 6.92 Å². The fourth-order valence-electron chi connectivity index (χ4n) is 2.53. The quantitative estimate of drug-likeness (QED) is 0.742. The molecule has 1 saturated heterocycles. The van der Waals surface area contributed by atoms with E-state index in [1.807, 2.05) is 7.11 Å². The summed E-state index contributed by atoms with van der Waals surface area (Å²) in [5.41, 5.74) is 0. The van der Waals surface area contributed by atoms with Crippen molar-refractivity contribution in [3.8, 4) is 0 Å². The molecule has 2 atom stereocenters. The van der Waals surface area contributed by atoms with Crippen LogP contribution in [0.2, 0.25) is 0 Å². The number of nitrogens with zero attached hydrogens (tertiary/aromatic N) is 1. The average Bonchev–Trinajstić information content (AvgIpc) is 3.10. The molecular weight excluding hydrogens is 200 g/mol. The van der Waals surface area contributed by atoms with Crippen LogP contribution < -0.4 is 5.32 Å². The van der Waals surface area contributed by atoms with E-state index < -0.39 is 0 Å². The van der Waals surface area contributed by atoms with Crippen LogP contribution in [-0.2, 0) is 4.74 Å². The molecule has 1 aliphatic heterocycles. The highest BCUT2D eigenvalue weighted by molar-refractivity contribution is 4.82. The van der Waals surface area contributed by atoms with E-state index in [1.54, 1.807) is 0 Å². The number of likely N-dealkylation sites (tertiary alicyclic amines) is 1. The first kappa shape index (κ1) is 12.3. The third kappa shape index (κ3) is 4.04. The van der Waals surface area contributed by atoms with E-state index in [9.17, 15) is 0 Å². The molecule has 2 aliphatic rings. The van der Waals surface area contributed by atoms with E-state index >= 15 is 0 Å². The number of hydrogen-bond donors (Lipinski definition) is 1. The van der Waals surface area contributed by atoms with Crippen molar-refractivity contribution >= 4 is 0 Å². The highest BCUT2D eigenvalue weighted by atomic mass is 16.5. The standard InChI is InChI=1S/C13H26N2O/c1-11(8-14-12-5-6-12)9-15-7-3-4-13(10-15)16-2/h11-14H,3-10H2,1-2H3. The second kappa shape index (κ2) is 5.99. The third-order valence-corrected chi connectivity index (χ3v) is 3.70. The molecule has 0 aromatic carbocycles. The van der Waals surface area contributed by atoms with Crippen molar-refractivity contribution in [2.24, 2.45) is 5.92 Å². The lowest BCUT2D eigenvalue weighted by molar-refractivity contribution is 0.0267. The van der Waals surface area contributed by atoms with Crippen LogP contribution in [0.4, 0.5) is 0 Å². The van der Waals surface area contributed by atoms with Crippen molar-refractivity contribution in [3.05, 3.63) is 0 Å². The first-order valence-corrected chi connectivity index (χ1v) is 6.76. The Morgan fingerprint density at radius 1 is 1.38 bits per heavy atom. The molecule has 94 valence electrons. The molecule has 2 rings (SSSR count). The van der Waals surface area contributed by atoms with Crippen molar-refractivity contribution in [1.29, 1.82) is 0 Å². The summed E-state index contributed by atoms with van der Waals surface area (Å²) >= 11 is 0. The van der Waals surface area contributed by atoms with E-state index in [4.69, 9.17) is 4.74 Å². The van der Waals surface area contributed by atoms with Gasteiger partial charge in [-0.05, 0) is 44.7 Å². The van der Waals surface area contributed by atoms with Gasteiger partial charge in [-0.3, -0.25) is 0 Å². The fraction of sp³-hybridized carbons (Fsp3) is 1.00. The van der Waals surface area contributed by atoms with Crippen molar-refractivity contribution < 1.29 is 4.74 Å². The van der Waals surface area contributed by atoms with Crippen LogP contribution in [0.25, 0.3) is 0 Å². The lowest BCUT2D eigenvalue weighted by Gasteiger charge is -2.33. The lowest BCUT2D eigenvalue weighted by atomic mass is 10.1. The summed E-state index contributed by atoms with van der Waals surface area (Å²) in [7, 11) is 1.84. The smallest absolute Gasteiger partial charge is 0.0698 e. The molecule has 0 spiro atoms.